The van der Waals surface area contributed by atoms with Gasteiger partial charge in [0.25, 0.3) is 0 Å². The number of methoxy groups -OCH3 is 1. The second kappa shape index (κ2) is 9.66. The summed E-state index contributed by atoms with van der Waals surface area (Å²) >= 11 is 0. The van der Waals surface area contributed by atoms with Crippen LogP contribution in [0.2, 0.25) is 0 Å². The van der Waals surface area contributed by atoms with E-state index in [2.05, 4.69) is 15.7 Å². The molecule has 1 saturated carbocycles. The van der Waals surface area contributed by atoms with Crippen molar-refractivity contribution in [3.05, 3.63) is 54.1 Å². The van der Waals surface area contributed by atoms with Crippen LogP contribution in [0.1, 0.15) is 37.7 Å². The van der Waals surface area contributed by atoms with Gasteiger partial charge in [-0.2, -0.15) is 18.3 Å². The lowest BCUT2D eigenvalue weighted by Crippen LogP contribution is -2.39. The van der Waals surface area contributed by atoms with Gasteiger partial charge >= 0.3 is 12.2 Å². The SMILES string of the molecule is COc1ccc(-c2nn(-c3ccc(C(F)(F)F)cc3)c(N)c2NC(=O)NC2CCCCC2)cc1. The lowest BCUT2D eigenvalue weighted by atomic mass is 9.96. The summed E-state index contributed by atoms with van der Waals surface area (Å²) in [7, 11) is 1.55. The third kappa shape index (κ3) is 5.11. The molecule has 0 aliphatic heterocycles. The molecule has 4 N–H and O–H groups in total. The number of hydrogen-bond acceptors (Lipinski definition) is 4. The van der Waals surface area contributed by atoms with Crippen molar-refractivity contribution >= 4 is 17.5 Å². The second-order valence-corrected chi connectivity index (χ2v) is 8.23. The number of nitrogen functional groups attached to an aromatic ring is 1. The number of nitrogens with zero attached hydrogens (tertiary/aromatic N) is 2. The Morgan fingerprint density at radius 1 is 1.06 bits per heavy atom. The van der Waals surface area contributed by atoms with E-state index in [4.69, 9.17) is 10.5 Å². The summed E-state index contributed by atoms with van der Waals surface area (Å²) in [6, 6.07) is 11.2. The van der Waals surface area contributed by atoms with Crippen LogP contribution < -0.4 is 21.1 Å². The number of halogens is 3. The molecule has 3 aromatic rings. The maximum absolute atomic E-state index is 13.0. The second-order valence-electron chi connectivity index (χ2n) is 8.23. The van der Waals surface area contributed by atoms with Gasteiger partial charge in [-0.15, -0.1) is 0 Å². The van der Waals surface area contributed by atoms with Crippen molar-refractivity contribution in [2.24, 2.45) is 0 Å². The number of rotatable bonds is 5. The number of benzene rings is 2. The summed E-state index contributed by atoms with van der Waals surface area (Å²) in [5, 5.41) is 10.3. The number of aromatic nitrogens is 2. The molecule has 34 heavy (non-hydrogen) atoms. The standard InChI is InChI=1S/C24H26F3N5O2/c1-34-19-13-7-15(8-14-19)20-21(30-23(33)29-17-5-3-2-4-6-17)22(28)32(31-20)18-11-9-16(10-12-18)24(25,26)27/h7-14,17H,2-6,28H2,1H3,(H2,29,30,33). The number of nitrogens with two attached hydrogens (primary N) is 1. The normalized spacial score (nSPS) is 14.6. The van der Waals surface area contributed by atoms with Crippen molar-refractivity contribution in [2.45, 2.75) is 44.3 Å². The molecule has 2 amide bonds. The summed E-state index contributed by atoms with van der Waals surface area (Å²) < 4.78 is 45.4. The first-order chi connectivity index (χ1) is 16.3. The summed E-state index contributed by atoms with van der Waals surface area (Å²) in [5.41, 5.74) is 7.23. The first-order valence-electron chi connectivity index (χ1n) is 11.0. The van der Waals surface area contributed by atoms with Gasteiger partial charge in [0.05, 0.1) is 18.4 Å². The Labute approximate surface area is 195 Å². The van der Waals surface area contributed by atoms with Gasteiger partial charge < -0.3 is 21.1 Å². The van der Waals surface area contributed by atoms with Crippen molar-refractivity contribution in [1.29, 1.82) is 0 Å². The molecule has 1 aliphatic carbocycles. The molecular weight excluding hydrogens is 447 g/mol. The van der Waals surface area contributed by atoms with E-state index in [1.165, 1.54) is 16.8 Å². The fraction of sp³-hybridized carbons (Fsp3) is 0.333. The monoisotopic (exact) mass is 473 g/mol. The molecule has 0 spiro atoms. The molecular formula is C24H26F3N5O2. The van der Waals surface area contributed by atoms with Crippen LogP contribution in [0.15, 0.2) is 48.5 Å². The van der Waals surface area contributed by atoms with Crippen molar-refractivity contribution in [1.82, 2.24) is 15.1 Å². The van der Waals surface area contributed by atoms with Crippen molar-refractivity contribution in [3.8, 4) is 22.7 Å². The van der Waals surface area contributed by atoms with E-state index in [-0.39, 0.29) is 17.5 Å². The Balaban J connectivity index is 1.68. The van der Waals surface area contributed by atoms with E-state index in [1.807, 2.05) is 0 Å². The van der Waals surface area contributed by atoms with Crippen molar-refractivity contribution in [2.75, 3.05) is 18.2 Å². The summed E-state index contributed by atoms with van der Waals surface area (Å²) in [5.74, 6) is 0.743. The first kappa shape index (κ1) is 23.5. The highest BCUT2D eigenvalue weighted by Gasteiger charge is 2.30. The van der Waals surface area contributed by atoms with Crippen LogP contribution in [0.3, 0.4) is 0 Å². The number of nitrogens with one attached hydrogen (secondary N) is 2. The molecule has 0 unspecified atom stereocenters. The van der Waals surface area contributed by atoms with E-state index in [0.29, 0.717) is 22.7 Å². The van der Waals surface area contributed by atoms with Crippen LogP contribution in [0, 0.1) is 0 Å². The highest BCUT2D eigenvalue weighted by molar-refractivity contribution is 5.98. The van der Waals surface area contributed by atoms with Gasteiger partial charge in [-0.3, -0.25) is 0 Å². The molecule has 1 heterocycles. The molecule has 0 saturated heterocycles. The first-order valence-corrected chi connectivity index (χ1v) is 11.0. The Morgan fingerprint density at radius 3 is 2.29 bits per heavy atom. The molecule has 1 fully saturated rings. The number of carbonyl (C=O) groups excluding carboxylic acids is 1. The van der Waals surface area contributed by atoms with Gasteiger partial charge in [0.1, 0.15) is 17.1 Å². The Bertz CT molecular complexity index is 1140. The fourth-order valence-corrected chi connectivity index (χ4v) is 4.08. The highest BCUT2D eigenvalue weighted by atomic mass is 19.4. The Morgan fingerprint density at radius 2 is 1.71 bits per heavy atom. The number of hydrogen-bond donors (Lipinski definition) is 3. The smallest absolute Gasteiger partial charge is 0.416 e. The molecule has 0 radical (unpaired) electrons. The quantitative estimate of drug-likeness (QED) is 0.449. The van der Waals surface area contributed by atoms with Crippen LogP contribution in [0.4, 0.5) is 29.5 Å². The van der Waals surface area contributed by atoms with Gasteiger partial charge in [-0.25, -0.2) is 9.48 Å². The lowest BCUT2D eigenvalue weighted by molar-refractivity contribution is -0.137. The van der Waals surface area contributed by atoms with Crippen LogP contribution in [0.5, 0.6) is 5.75 Å². The highest BCUT2D eigenvalue weighted by Crippen LogP contribution is 2.36. The number of amides is 2. The van der Waals surface area contributed by atoms with Crippen LogP contribution in [0.25, 0.3) is 16.9 Å². The largest absolute Gasteiger partial charge is 0.497 e. The molecule has 1 aliphatic rings. The molecule has 4 rings (SSSR count). The van der Waals surface area contributed by atoms with Crippen LogP contribution in [-0.2, 0) is 6.18 Å². The average molecular weight is 473 g/mol. The lowest BCUT2D eigenvalue weighted by Gasteiger charge is -2.22. The third-order valence-electron chi connectivity index (χ3n) is 5.90. The Hall–Kier alpha value is -3.69. The predicted molar refractivity (Wildman–Crippen MR) is 124 cm³/mol. The zero-order chi connectivity index (χ0) is 24.3. The molecule has 0 bridgehead atoms. The summed E-state index contributed by atoms with van der Waals surface area (Å²) in [6.45, 7) is 0. The molecule has 10 heteroatoms. The maximum Gasteiger partial charge on any atom is 0.416 e. The van der Waals surface area contributed by atoms with Gasteiger partial charge in [0.15, 0.2) is 5.82 Å². The van der Waals surface area contributed by atoms with Crippen LogP contribution >= 0.6 is 0 Å². The number of alkyl halides is 3. The van der Waals surface area contributed by atoms with E-state index in [1.54, 1.807) is 31.4 Å². The van der Waals surface area contributed by atoms with E-state index < -0.39 is 17.8 Å². The molecule has 2 aromatic carbocycles. The van der Waals surface area contributed by atoms with Crippen LogP contribution in [-0.4, -0.2) is 29.0 Å². The molecule has 0 atom stereocenters. The zero-order valence-electron chi connectivity index (χ0n) is 18.7. The van der Waals surface area contributed by atoms with Crippen molar-refractivity contribution < 1.29 is 22.7 Å². The van der Waals surface area contributed by atoms with Gasteiger partial charge in [0.2, 0.25) is 0 Å². The Kier molecular flexibility index (Phi) is 6.67. The number of ether oxygens (including phenoxy) is 1. The minimum absolute atomic E-state index is 0.0874. The average Bonchev–Trinajstić information content (AvgIpc) is 3.15. The zero-order valence-corrected chi connectivity index (χ0v) is 18.7. The van der Waals surface area contributed by atoms with Gasteiger partial charge in [-0.05, 0) is 61.4 Å². The van der Waals surface area contributed by atoms with Gasteiger partial charge in [0, 0.05) is 11.6 Å². The van der Waals surface area contributed by atoms with E-state index in [9.17, 15) is 18.0 Å². The van der Waals surface area contributed by atoms with Crippen molar-refractivity contribution in [3.63, 3.8) is 0 Å². The molecule has 1 aromatic heterocycles. The minimum Gasteiger partial charge on any atom is -0.497 e. The summed E-state index contributed by atoms with van der Waals surface area (Å²) in [6.07, 6.45) is 0.671. The maximum atomic E-state index is 13.0. The third-order valence-corrected chi connectivity index (χ3v) is 5.90. The minimum atomic E-state index is -4.45. The summed E-state index contributed by atoms with van der Waals surface area (Å²) in [4.78, 5) is 12.8. The predicted octanol–water partition coefficient (Wildman–Crippen LogP) is 5.60. The number of anilines is 2. The molecule has 180 valence electrons. The topological polar surface area (TPSA) is 94.2 Å². The number of carbonyl (C=O) groups is 1. The van der Waals surface area contributed by atoms with Gasteiger partial charge in [-0.1, -0.05) is 19.3 Å². The fourth-order valence-electron chi connectivity index (χ4n) is 4.08. The van der Waals surface area contributed by atoms with E-state index >= 15 is 0 Å². The molecule has 7 nitrogen and oxygen atoms in total. The van der Waals surface area contributed by atoms with E-state index in [0.717, 1.165) is 44.2 Å². The number of urea groups is 1.